The van der Waals surface area contributed by atoms with Crippen LogP contribution in [-0.2, 0) is 0 Å². The minimum atomic E-state index is -0.125. The zero-order chi connectivity index (χ0) is 12.8. The Labute approximate surface area is 116 Å². The quantitative estimate of drug-likeness (QED) is 0.760. The lowest BCUT2D eigenvalue weighted by Gasteiger charge is -2.21. The van der Waals surface area contributed by atoms with Gasteiger partial charge in [-0.25, -0.2) is 0 Å². The lowest BCUT2D eigenvalue weighted by atomic mass is 10.1. The minimum absolute atomic E-state index is 0.125. The Balaban J connectivity index is 2.96. The molecule has 0 saturated heterocycles. The van der Waals surface area contributed by atoms with E-state index in [4.69, 9.17) is 34.8 Å². The van der Waals surface area contributed by atoms with Crippen molar-refractivity contribution in [3.8, 4) is 0 Å². The van der Waals surface area contributed by atoms with Crippen LogP contribution in [0.4, 0.5) is 0 Å². The largest absolute Gasteiger partial charge is 0.336 e. The fraction of sp³-hybridized carbons (Fsp3) is 0.417. The van der Waals surface area contributed by atoms with Crippen LogP contribution in [0.1, 0.15) is 15.9 Å². The second kappa shape index (κ2) is 7.10. The predicted molar refractivity (Wildman–Crippen MR) is 73.5 cm³/mol. The molecule has 0 aliphatic heterocycles. The SMILES string of the molecule is Cc1cccc(C(=O)N(CCCl)CCCl)c1Cl. The van der Waals surface area contributed by atoms with Gasteiger partial charge in [-0.1, -0.05) is 23.7 Å². The van der Waals surface area contributed by atoms with Crippen LogP contribution in [-0.4, -0.2) is 35.7 Å². The monoisotopic (exact) mass is 293 g/mol. The summed E-state index contributed by atoms with van der Waals surface area (Å²) in [6, 6.07) is 5.40. The molecular weight excluding hydrogens is 280 g/mol. The van der Waals surface area contributed by atoms with Gasteiger partial charge in [-0.2, -0.15) is 0 Å². The van der Waals surface area contributed by atoms with Crippen LogP contribution in [0.3, 0.4) is 0 Å². The Kier molecular flexibility index (Phi) is 6.10. The van der Waals surface area contributed by atoms with Crippen molar-refractivity contribution in [2.45, 2.75) is 6.92 Å². The van der Waals surface area contributed by atoms with Gasteiger partial charge >= 0.3 is 0 Å². The second-order valence-corrected chi connectivity index (χ2v) is 4.74. The molecule has 1 amide bonds. The van der Waals surface area contributed by atoms with Gasteiger partial charge in [-0.3, -0.25) is 4.79 Å². The maximum Gasteiger partial charge on any atom is 0.255 e. The summed E-state index contributed by atoms with van der Waals surface area (Å²) in [6.45, 7) is 2.81. The second-order valence-electron chi connectivity index (χ2n) is 3.61. The molecule has 0 heterocycles. The van der Waals surface area contributed by atoms with Crippen molar-refractivity contribution in [1.29, 1.82) is 0 Å². The molecule has 0 spiro atoms. The van der Waals surface area contributed by atoms with Crippen LogP contribution in [0.2, 0.25) is 5.02 Å². The van der Waals surface area contributed by atoms with Crippen LogP contribution >= 0.6 is 34.8 Å². The molecule has 5 heteroatoms. The number of rotatable bonds is 5. The molecule has 0 radical (unpaired) electrons. The van der Waals surface area contributed by atoms with Gasteiger partial charge in [0.25, 0.3) is 5.91 Å². The van der Waals surface area contributed by atoms with Crippen molar-refractivity contribution in [1.82, 2.24) is 4.90 Å². The number of alkyl halides is 2. The zero-order valence-electron chi connectivity index (χ0n) is 9.55. The standard InChI is InChI=1S/C12H14Cl3NO/c1-9-3-2-4-10(11(9)15)12(17)16(7-5-13)8-6-14/h2-4H,5-8H2,1H3. The lowest BCUT2D eigenvalue weighted by molar-refractivity contribution is 0.0775. The summed E-state index contributed by atoms with van der Waals surface area (Å²) in [4.78, 5) is 13.8. The smallest absolute Gasteiger partial charge is 0.255 e. The Bertz CT molecular complexity index is 389. The summed E-state index contributed by atoms with van der Waals surface area (Å²) >= 11 is 17.4. The van der Waals surface area contributed by atoms with Gasteiger partial charge in [0.2, 0.25) is 0 Å². The average Bonchev–Trinajstić information content (AvgIpc) is 2.31. The molecule has 2 nitrogen and oxygen atoms in total. The van der Waals surface area contributed by atoms with Gasteiger partial charge in [0.05, 0.1) is 10.6 Å². The summed E-state index contributed by atoms with van der Waals surface area (Å²) in [5.41, 5.74) is 1.39. The zero-order valence-corrected chi connectivity index (χ0v) is 11.8. The number of halogens is 3. The predicted octanol–water partition coefficient (Wildman–Crippen LogP) is 3.57. The Morgan fingerprint density at radius 2 is 1.82 bits per heavy atom. The first-order chi connectivity index (χ1) is 8.11. The molecule has 1 aromatic rings. The first kappa shape index (κ1) is 14.6. The van der Waals surface area contributed by atoms with Gasteiger partial charge in [-0.05, 0) is 18.6 Å². The number of carbonyl (C=O) groups is 1. The van der Waals surface area contributed by atoms with E-state index in [1.54, 1.807) is 11.0 Å². The summed E-state index contributed by atoms with van der Waals surface area (Å²) in [7, 11) is 0. The first-order valence-corrected chi connectivity index (χ1v) is 6.72. The first-order valence-electron chi connectivity index (χ1n) is 5.28. The molecule has 94 valence electrons. The highest BCUT2D eigenvalue weighted by atomic mass is 35.5. The molecule has 0 aromatic heterocycles. The molecule has 0 saturated carbocycles. The van der Waals surface area contributed by atoms with Gasteiger partial charge in [0.15, 0.2) is 0 Å². The molecule has 1 rings (SSSR count). The van der Waals surface area contributed by atoms with E-state index in [1.807, 2.05) is 19.1 Å². The number of aryl methyl sites for hydroxylation is 1. The molecule has 0 fully saturated rings. The Morgan fingerprint density at radius 1 is 1.24 bits per heavy atom. The van der Waals surface area contributed by atoms with Crippen molar-refractivity contribution in [2.75, 3.05) is 24.8 Å². The third-order valence-corrected chi connectivity index (χ3v) is 3.26. The number of amides is 1. The highest BCUT2D eigenvalue weighted by Crippen LogP contribution is 2.21. The van der Waals surface area contributed by atoms with Gasteiger partial charge in [0, 0.05) is 24.8 Å². The van der Waals surface area contributed by atoms with Crippen LogP contribution < -0.4 is 0 Å². The maximum absolute atomic E-state index is 12.2. The Morgan fingerprint density at radius 3 is 2.35 bits per heavy atom. The van der Waals surface area contributed by atoms with Crippen molar-refractivity contribution in [2.24, 2.45) is 0 Å². The number of nitrogens with zero attached hydrogens (tertiary/aromatic N) is 1. The fourth-order valence-electron chi connectivity index (χ4n) is 1.50. The molecule has 1 aromatic carbocycles. The lowest BCUT2D eigenvalue weighted by Crippen LogP contribution is -2.34. The molecule has 17 heavy (non-hydrogen) atoms. The molecule has 0 unspecified atom stereocenters. The molecule has 0 atom stereocenters. The van der Waals surface area contributed by atoms with E-state index >= 15 is 0 Å². The van der Waals surface area contributed by atoms with E-state index in [0.717, 1.165) is 5.56 Å². The fourth-order valence-corrected chi connectivity index (χ4v) is 2.12. The van der Waals surface area contributed by atoms with Crippen LogP contribution in [0.15, 0.2) is 18.2 Å². The normalized spacial score (nSPS) is 10.4. The molecule has 0 aliphatic carbocycles. The van der Waals surface area contributed by atoms with Crippen molar-refractivity contribution in [3.05, 3.63) is 34.3 Å². The minimum Gasteiger partial charge on any atom is -0.336 e. The van der Waals surface area contributed by atoms with Gasteiger partial charge in [-0.15, -0.1) is 23.2 Å². The van der Waals surface area contributed by atoms with Crippen LogP contribution in [0.5, 0.6) is 0 Å². The maximum atomic E-state index is 12.2. The third kappa shape index (κ3) is 3.77. The summed E-state index contributed by atoms with van der Waals surface area (Å²) in [5.74, 6) is 0.637. The van der Waals surface area contributed by atoms with Crippen molar-refractivity contribution >= 4 is 40.7 Å². The van der Waals surface area contributed by atoms with E-state index in [0.29, 0.717) is 35.4 Å². The van der Waals surface area contributed by atoms with Crippen molar-refractivity contribution in [3.63, 3.8) is 0 Å². The topological polar surface area (TPSA) is 20.3 Å². The van der Waals surface area contributed by atoms with Crippen molar-refractivity contribution < 1.29 is 4.79 Å². The van der Waals surface area contributed by atoms with Crippen LogP contribution in [0.25, 0.3) is 0 Å². The molecule has 0 bridgehead atoms. The molecule has 0 aliphatic rings. The third-order valence-electron chi connectivity index (χ3n) is 2.42. The summed E-state index contributed by atoms with van der Waals surface area (Å²) in [6.07, 6.45) is 0. The molecule has 0 N–H and O–H groups in total. The highest BCUT2D eigenvalue weighted by Gasteiger charge is 2.18. The number of hydrogen-bond donors (Lipinski definition) is 0. The Hall–Kier alpha value is -0.440. The summed E-state index contributed by atoms with van der Waals surface area (Å²) in [5, 5.41) is 0.492. The number of carbonyl (C=O) groups excluding carboxylic acids is 1. The van der Waals surface area contributed by atoms with E-state index in [1.165, 1.54) is 0 Å². The van der Waals surface area contributed by atoms with E-state index in [2.05, 4.69) is 0 Å². The van der Waals surface area contributed by atoms with Crippen LogP contribution in [0, 0.1) is 6.92 Å². The highest BCUT2D eigenvalue weighted by molar-refractivity contribution is 6.34. The summed E-state index contributed by atoms with van der Waals surface area (Å²) < 4.78 is 0. The number of benzene rings is 1. The van der Waals surface area contributed by atoms with E-state index < -0.39 is 0 Å². The van der Waals surface area contributed by atoms with E-state index in [-0.39, 0.29) is 5.91 Å². The van der Waals surface area contributed by atoms with E-state index in [9.17, 15) is 4.79 Å². The van der Waals surface area contributed by atoms with Gasteiger partial charge in [0.1, 0.15) is 0 Å². The van der Waals surface area contributed by atoms with Gasteiger partial charge < -0.3 is 4.90 Å². The average molecular weight is 295 g/mol. The number of hydrogen-bond acceptors (Lipinski definition) is 1. The molecular formula is C12H14Cl3NO.